The van der Waals surface area contributed by atoms with Crippen LogP contribution in [-0.4, -0.2) is 106 Å². The summed E-state index contributed by atoms with van der Waals surface area (Å²) in [6.45, 7) is 7.79. The molecule has 1 atom stereocenters. The largest absolute Gasteiger partial charge is 0.397 e. The number of aromatic nitrogens is 3. The van der Waals surface area contributed by atoms with Crippen LogP contribution in [0.15, 0.2) is 47.4 Å². The van der Waals surface area contributed by atoms with Gasteiger partial charge in [-0.15, -0.1) is 0 Å². The Kier molecular flexibility index (Phi) is 9.30. The molecule has 48 heavy (non-hydrogen) atoms. The number of halogens is 1. The number of rotatable bonds is 6. The van der Waals surface area contributed by atoms with Gasteiger partial charge in [-0.2, -0.15) is 0 Å². The van der Waals surface area contributed by atoms with Gasteiger partial charge in [-0.25, -0.2) is 9.59 Å². The minimum Gasteiger partial charge on any atom is -0.397 e. The van der Waals surface area contributed by atoms with Crippen LogP contribution in [0.3, 0.4) is 0 Å². The maximum absolute atomic E-state index is 14.1. The quantitative estimate of drug-likeness (QED) is 0.230. The third-order valence-electron chi connectivity index (χ3n) is 10.5. The molecule has 0 bridgehead atoms. The van der Waals surface area contributed by atoms with Crippen LogP contribution in [0.5, 0.6) is 0 Å². The number of hydrogen-bond acceptors (Lipinski definition) is 7. The fourth-order valence-corrected chi connectivity index (χ4v) is 8.02. The monoisotopic (exact) mass is 673 g/mol. The van der Waals surface area contributed by atoms with Gasteiger partial charge < -0.3 is 31.2 Å². The average Bonchev–Trinajstić information content (AvgIpc) is 3.46. The zero-order chi connectivity index (χ0) is 33.4. The van der Waals surface area contributed by atoms with E-state index in [1.165, 1.54) is 0 Å². The lowest BCUT2D eigenvalue weighted by Gasteiger charge is -2.42. The van der Waals surface area contributed by atoms with E-state index in [1.807, 2.05) is 42.2 Å². The van der Waals surface area contributed by atoms with Gasteiger partial charge in [0.15, 0.2) is 0 Å². The molecule has 3 amide bonds. The molecule has 7 rings (SSSR count). The minimum atomic E-state index is -0.754. The number of nitrogens with one attached hydrogen (secondary N) is 3. The van der Waals surface area contributed by atoms with E-state index in [0.29, 0.717) is 62.2 Å². The highest BCUT2D eigenvalue weighted by atomic mass is 35.5. The standard InChI is InChI=1S/C35H44ClN9O3/c1-22-18-23(19-27(36)31(22)37)20-29(33(46)43-16-14-42(15-17-43)24-6-10-38-11-7-24)40-34(47)44-12-8-25(9-13-44)45-30-21-39-28-5-3-2-4-26(28)32(30)41-35(45)48/h2-5,18-19,21,24-25,29,38H,6-17,20,37H2,1H3,(H,40,47)(H,41,48)/t29-/m1/s1. The number of nitrogens with two attached hydrogens (primary N) is 1. The summed E-state index contributed by atoms with van der Waals surface area (Å²) in [5.74, 6) is -0.0844. The number of urea groups is 1. The van der Waals surface area contributed by atoms with E-state index in [9.17, 15) is 14.4 Å². The summed E-state index contributed by atoms with van der Waals surface area (Å²) in [4.78, 5) is 54.7. The smallest absolute Gasteiger partial charge is 0.326 e. The lowest BCUT2D eigenvalue weighted by Crippen LogP contribution is -2.59. The van der Waals surface area contributed by atoms with Gasteiger partial charge in [-0.1, -0.05) is 35.9 Å². The fourth-order valence-electron chi connectivity index (χ4n) is 7.73. The van der Waals surface area contributed by atoms with Crippen molar-refractivity contribution in [3.8, 4) is 0 Å². The van der Waals surface area contributed by atoms with Gasteiger partial charge in [0.1, 0.15) is 6.04 Å². The van der Waals surface area contributed by atoms with Crippen molar-refractivity contribution in [1.29, 1.82) is 0 Å². The van der Waals surface area contributed by atoms with Crippen molar-refractivity contribution in [1.82, 2.24) is 39.9 Å². The highest BCUT2D eigenvalue weighted by Gasteiger charge is 2.34. The Morgan fingerprint density at radius 2 is 1.73 bits per heavy atom. The molecule has 0 unspecified atom stereocenters. The molecule has 0 aliphatic carbocycles. The average molecular weight is 674 g/mol. The number of amides is 3. The molecular formula is C35H44ClN9O3. The Morgan fingerprint density at radius 1 is 1.00 bits per heavy atom. The molecule has 3 aliphatic heterocycles. The summed E-state index contributed by atoms with van der Waals surface area (Å²) >= 11 is 6.42. The van der Waals surface area contributed by atoms with Crippen LogP contribution in [0.2, 0.25) is 5.02 Å². The molecule has 2 aromatic heterocycles. The summed E-state index contributed by atoms with van der Waals surface area (Å²) < 4.78 is 1.78. The number of nitrogens with zero attached hydrogens (tertiary/aromatic N) is 5. The van der Waals surface area contributed by atoms with E-state index >= 15 is 0 Å². The molecule has 0 saturated carbocycles. The van der Waals surface area contributed by atoms with Crippen molar-refractivity contribution in [3.63, 3.8) is 0 Å². The molecule has 4 aromatic rings. The lowest BCUT2D eigenvalue weighted by atomic mass is 10.0. The van der Waals surface area contributed by atoms with Crippen molar-refractivity contribution in [3.05, 3.63) is 69.2 Å². The van der Waals surface area contributed by atoms with Crippen LogP contribution in [0.25, 0.3) is 21.9 Å². The molecule has 12 nitrogen and oxygen atoms in total. The molecule has 0 spiro atoms. The Labute approximate surface area is 284 Å². The number of imidazole rings is 1. The summed E-state index contributed by atoms with van der Waals surface area (Å²) in [5, 5.41) is 7.86. The van der Waals surface area contributed by atoms with Gasteiger partial charge in [0.25, 0.3) is 0 Å². The summed E-state index contributed by atoms with van der Waals surface area (Å²) in [7, 11) is 0. The first-order valence-corrected chi connectivity index (χ1v) is 17.5. The number of pyridine rings is 1. The van der Waals surface area contributed by atoms with Crippen LogP contribution in [0.4, 0.5) is 10.5 Å². The molecule has 5 heterocycles. The van der Waals surface area contributed by atoms with Gasteiger partial charge in [-0.05, 0) is 69.0 Å². The van der Waals surface area contributed by atoms with Crippen molar-refractivity contribution in [2.45, 2.75) is 57.2 Å². The topological polar surface area (TPSA) is 145 Å². The molecule has 5 N–H and O–H groups in total. The van der Waals surface area contributed by atoms with Crippen molar-refractivity contribution < 1.29 is 9.59 Å². The van der Waals surface area contributed by atoms with Crippen LogP contribution >= 0.6 is 11.6 Å². The zero-order valence-electron chi connectivity index (χ0n) is 27.4. The molecular weight excluding hydrogens is 630 g/mol. The number of benzene rings is 2. The van der Waals surface area contributed by atoms with Crippen molar-refractivity contribution in [2.75, 3.05) is 58.1 Å². The number of hydrogen-bond donors (Lipinski definition) is 4. The van der Waals surface area contributed by atoms with Crippen LogP contribution in [-0.2, 0) is 11.2 Å². The minimum absolute atomic E-state index is 0.0770. The number of carbonyl (C=O) groups is 2. The van der Waals surface area contributed by atoms with Gasteiger partial charge in [-0.3, -0.25) is 19.2 Å². The fraction of sp³-hybridized carbons (Fsp3) is 0.486. The van der Waals surface area contributed by atoms with E-state index in [2.05, 4.69) is 25.5 Å². The van der Waals surface area contributed by atoms with Crippen LogP contribution in [0.1, 0.15) is 42.9 Å². The number of aromatic amines is 1. The molecule has 3 aliphatic rings. The third-order valence-corrected chi connectivity index (χ3v) is 10.8. The van der Waals surface area contributed by atoms with Gasteiger partial charge in [0.05, 0.1) is 33.5 Å². The second kappa shape index (κ2) is 13.8. The third kappa shape index (κ3) is 6.48. The predicted molar refractivity (Wildman–Crippen MR) is 188 cm³/mol. The summed E-state index contributed by atoms with van der Waals surface area (Å²) in [6, 6.07) is 10.9. The number of piperidine rings is 2. The second-order valence-electron chi connectivity index (χ2n) is 13.4. The van der Waals surface area contributed by atoms with Crippen molar-refractivity contribution in [2.24, 2.45) is 0 Å². The number of aryl methyl sites for hydroxylation is 1. The van der Waals surface area contributed by atoms with Crippen LogP contribution < -0.4 is 22.1 Å². The SMILES string of the molecule is Cc1cc(C[C@@H](NC(=O)N2CCC(n3c(=O)[nH]c4c5ccccc5ncc43)CC2)C(=O)N2CCN(C3CCNCC3)CC2)cc(Cl)c1N. The van der Waals surface area contributed by atoms with Gasteiger partial charge >= 0.3 is 11.7 Å². The first-order valence-electron chi connectivity index (χ1n) is 17.1. The van der Waals surface area contributed by atoms with E-state index in [4.69, 9.17) is 17.3 Å². The van der Waals surface area contributed by atoms with Gasteiger partial charge in [0.2, 0.25) is 5.91 Å². The Morgan fingerprint density at radius 3 is 2.46 bits per heavy atom. The normalized spacial score (nSPS) is 19.2. The molecule has 0 radical (unpaired) electrons. The molecule has 13 heteroatoms. The first kappa shape index (κ1) is 32.4. The number of carbonyl (C=O) groups excluding carboxylic acids is 2. The molecule has 254 valence electrons. The number of para-hydroxylation sites is 1. The maximum atomic E-state index is 14.1. The van der Waals surface area contributed by atoms with E-state index in [0.717, 1.165) is 72.1 Å². The number of nitrogen functional groups attached to an aromatic ring is 1. The summed E-state index contributed by atoms with van der Waals surface area (Å²) in [5.41, 5.74) is 10.5. The van der Waals surface area contributed by atoms with E-state index < -0.39 is 6.04 Å². The van der Waals surface area contributed by atoms with Crippen LogP contribution in [0, 0.1) is 6.92 Å². The van der Waals surface area contributed by atoms with E-state index in [1.54, 1.807) is 21.7 Å². The maximum Gasteiger partial charge on any atom is 0.326 e. The summed E-state index contributed by atoms with van der Waals surface area (Å²) in [6.07, 6.45) is 5.53. The molecule has 3 saturated heterocycles. The number of fused-ring (bicyclic) bond motifs is 3. The number of anilines is 1. The highest BCUT2D eigenvalue weighted by molar-refractivity contribution is 6.33. The van der Waals surface area contributed by atoms with Crippen molar-refractivity contribution >= 4 is 51.2 Å². The Hall–Kier alpha value is -4.13. The van der Waals surface area contributed by atoms with Gasteiger partial charge in [0, 0.05) is 63.2 Å². The Bertz CT molecular complexity index is 1850. The predicted octanol–water partition coefficient (Wildman–Crippen LogP) is 3.28. The van der Waals surface area contributed by atoms with E-state index in [-0.39, 0.29) is 23.7 Å². The first-order chi connectivity index (χ1) is 23.3. The molecule has 3 fully saturated rings. The number of H-pyrrole nitrogens is 1. The molecule has 2 aromatic carbocycles. The lowest BCUT2D eigenvalue weighted by molar-refractivity contribution is -0.135. The second-order valence-corrected chi connectivity index (χ2v) is 13.8. The Balaban J connectivity index is 1.04. The number of likely N-dealkylation sites (tertiary alicyclic amines) is 1. The highest BCUT2D eigenvalue weighted by Crippen LogP contribution is 2.29. The zero-order valence-corrected chi connectivity index (χ0v) is 28.1. The number of piperazine rings is 1.